The molecule has 0 spiro atoms. The van der Waals surface area contributed by atoms with Crippen LogP contribution in [0, 0.1) is 11.3 Å². The summed E-state index contributed by atoms with van der Waals surface area (Å²) >= 11 is 0. The Balaban J connectivity index is 2.20. The predicted octanol–water partition coefficient (Wildman–Crippen LogP) is 2.45. The second kappa shape index (κ2) is 6.39. The van der Waals surface area contributed by atoms with Crippen LogP contribution in [0.15, 0.2) is 0 Å². The molecule has 0 saturated heterocycles. The lowest BCUT2D eigenvalue weighted by Crippen LogP contribution is -2.40. The Hall–Kier alpha value is -0.570. The van der Waals surface area contributed by atoms with Crippen molar-refractivity contribution in [3.05, 3.63) is 0 Å². The molecule has 3 N–H and O–H groups in total. The maximum absolute atomic E-state index is 11.8. The third kappa shape index (κ3) is 5.07. The van der Waals surface area contributed by atoms with E-state index in [4.69, 9.17) is 5.73 Å². The number of hydrogen-bond donors (Lipinski definition) is 2. The van der Waals surface area contributed by atoms with E-state index in [1.807, 2.05) is 0 Å². The molecule has 0 radical (unpaired) electrons. The Bertz CT molecular complexity index is 247. The van der Waals surface area contributed by atoms with Gasteiger partial charge in [-0.2, -0.15) is 0 Å². The summed E-state index contributed by atoms with van der Waals surface area (Å²) < 4.78 is 0. The maximum Gasteiger partial charge on any atom is 0.220 e. The second-order valence-electron chi connectivity index (χ2n) is 6.25. The monoisotopic (exact) mass is 240 g/mol. The zero-order valence-electron chi connectivity index (χ0n) is 11.6. The van der Waals surface area contributed by atoms with Gasteiger partial charge < -0.3 is 11.1 Å². The van der Waals surface area contributed by atoms with E-state index >= 15 is 0 Å². The van der Waals surface area contributed by atoms with Gasteiger partial charge in [0.1, 0.15) is 0 Å². The summed E-state index contributed by atoms with van der Waals surface area (Å²) in [5.41, 5.74) is 5.75. The van der Waals surface area contributed by atoms with Crippen LogP contribution in [0.25, 0.3) is 0 Å². The van der Waals surface area contributed by atoms with Crippen molar-refractivity contribution in [2.45, 2.75) is 65.3 Å². The smallest absolute Gasteiger partial charge is 0.220 e. The van der Waals surface area contributed by atoms with Gasteiger partial charge >= 0.3 is 0 Å². The zero-order chi connectivity index (χ0) is 12.9. The van der Waals surface area contributed by atoms with Crippen molar-refractivity contribution < 1.29 is 4.79 Å². The summed E-state index contributed by atoms with van der Waals surface area (Å²) in [6, 6.07) is 0.355. The quantitative estimate of drug-likeness (QED) is 0.718. The highest BCUT2D eigenvalue weighted by Gasteiger charge is 2.25. The van der Waals surface area contributed by atoms with Crippen molar-refractivity contribution in [2.75, 3.05) is 6.54 Å². The molecule has 1 amide bonds. The van der Waals surface area contributed by atoms with Crippen LogP contribution in [0.2, 0.25) is 0 Å². The third-order valence-corrected chi connectivity index (χ3v) is 4.10. The molecule has 1 aliphatic carbocycles. The Morgan fingerprint density at radius 1 is 1.41 bits per heavy atom. The fraction of sp³-hybridized carbons (Fsp3) is 0.929. The van der Waals surface area contributed by atoms with Crippen LogP contribution in [-0.2, 0) is 4.79 Å². The van der Waals surface area contributed by atoms with E-state index in [-0.39, 0.29) is 11.3 Å². The maximum atomic E-state index is 11.8. The molecule has 3 nitrogen and oxygen atoms in total. The highest BCUT2D eigenvalue weighted by atomic mass is 16.1. The lowest BCUT2D eigenvalue weighted by Gasteiger charge is -2.32. The van der Waals surface area contributed by atoms with Gasteiger partial charge in [-0.15, -0.1) is 0 Å². The number of carbonyl (C=O) groups is 1. The van der Waals surface area contributed by atoms with Crippen molar-refractivity contribution in [3.8, 4) is 0 Å². The summed E-state index contributed by atoms with van der Waals surface area (Å²) in [5, 5.41) is 3.13. The first-order chi connectivity index (χ1) is 7.94. The Kier molecular flexibility index (Phi) is 5.44. The standard InChI is InChI=1S/C14H28N2O/c1-11(12-5-4-6-12)16-13(17)7-8-14(2,3)9-10-15/h11-12H,4-10,15H2,1-3H3,(H,16,17). The average molecular weight is 240 g/mol. The molecule has 3 heteroatoms. The molecule has 17 heavy (non-hydrogen) atoms. The molecular formula is C14H28N2O. The van der Waals surface area contributed by atoms with E-state index in [0.717, 1.165) is 18.8 Å². The molecule has 1 saturated carbocycles. The number of nitrogens with one attached hydrogen (secondary N) is 1. The van der Waals surface area contributed by atoms with Gasteiger partial charge in [0, 0.05) is 12.5 Å². The van der Waals surface area contributed by atoms with Crippen LogP contribution in [-0.4, -0.2) is 18.5 Å². The number of hydrogen-bond acceptors (Lipinski definition) is 2. The summed E-state index contributed by atoms with van der Waals surface area (Å²) in [6.07, 6.45) is 6.42. The molecule has 1 aliphatic rings. The van der Waals surface area contributed by atoms with Crippen molar-refractivity contribution in [3.63, 3.8) is 0 Å². The molecule has 1 atom stereocenters. The third-order valence-electron chi connectivity index (χ3n) is 4.10. The van der Waals surface area contributed by atoms with Gasteiger partial charge in [0.2, 0.25) is 5.91 Å². The highest BCUT2D eigenvalue weighted by molar-refractivity contribution is 5.76. The fourth-order valence-corrected chi connectivity index (χ4v) is 2.35. The molecule has 0 heterocycles. The molecule has 0 aromatic heterocycles. The van der Waals surface area contributed by atoms with E-state index in [9.17, 15) is 4.79 Å². The van der Waals surface area contributed by atoms with E-state index in [0.29, 0.717) is 19.0 Å². The molecular weight excluding hydrogens is 212 g/mol. The topological polar surface area (TPSA) is 55.1 Å². The van der Waals surface area contributed by atoms with Gasteiger partial charge in [0.15, 0.2) is 0 Å². The SMILES string of the molecule is CC(NC(=O)CCC(C)(C)CCN)C1CCC1. The molecule has 100 valence electrons. The lowest BCUT2D eigenvalue weighted by atomic mass is 9.80. The minimum Gasteiger partial charge on any atom is -0.353 e. The van der Waals surface area contributed by atoms with Crippen molar-refractivity contribution in [1.82, 2.24) is 5.32 Å². The van der Waals surface area contributed by atoms with Gasteiger partial charge in [-0.3, -0.25) is 4.79 Å². The van der Waals surface area contributed by atoms with E-state index in [1.54, 1.807) is 0 Å². The largest absolute Gasteiger partial charge is 0.353 e. The first-order valence-corrected chi connectivity index (χ1v) is 6.94. The van der Waals surface area contributed by atoms with Gasteiger partial charge in [-0.25, -0.2) is 0 Å². The zero-order valence-corrected chi connectivity index (χ0v) is 11.6. The van der Waals surface area contributed by atoms with Gasteiger partial charge in [0.05, 0.1) is 0 Å². The highest BCUT2D eigenvalue weighted by Crippen LogP contribution is 2.30. The first-order valence-electron chi connectivity index (χ1n) is 6.94. The van der Waals surface area contributed by atoms with Crippen molar-refractivity contribution in [2.24, 2.45) is 17.1 Å². The van der Waals surface area contributed by atoms with Crippen molar-refractivity contribution >= 4 is 5.91 Å². The number of rotatable bonds is 7. The summed E-state index contributed by atoms with van der Waals surface area (Å²) in [6.45, 7) is 7.20. The molecule has 1 unspecified atom stereocenters. The van der Waals surface area contributed by atoms with Gasteiger partial charge in [0.25, 0.3) is 0 Å². The van der Waals surface area contributed by atoms with E-state index in [1.165, 1.54) is 19.3 Å². The average Bonchev–Trinajstić information content (AvgIpc) is 2.12. The van der Waals surface area contributed by atoms with Crippen LogP contribution in [0.1, 0.15) is 59.3 Å². The second-order valence-corrected chi connectivity index (χ2v) is 6.25. The summed E-state index contributed by atoms with van der Waals surface area (Å²) in [7, 11) is 0. The number of nitrogens with two attached hydrogens (primary N) is 1. The molecule has 0 aromatic rings. The Morgan fingerprint density at radius 3 is 2.53 bits per heavy atom. The van der Waals surface area contributed by atoms with Crippen LogP contribution in [0.4, 0.5) is 0 Å². The minimum atomic E-state index is 0.186. The van der Waals surface area contributed by atoms with Crippen LogP contribution < -0.4 is 11.1 Å². The van der Waals surface area contributed by atoms with Crippen molar-refractivity contribution in [1.29, 1.82) is 0 Å². The molecule has 0 aromatic carbocycles. The van der Waals surface area contributed by atoms with Gasteiger partial charge in [-0.05, 0) is 50.5 Å². The Labute approximate surface area is 106 Å². The normalized spacial score (nSPS) is 18.6. The molecule has 0 bridgehead atoms. The van der Waals surface area contributed by atoms with Crippen LogP contribution in [0.5, 0.6) is 0 Å². The molecule has 1 fully saturated rings. The summed E-state index contributed by atoms with van der Waals surface area (Å²) in [4.78, 5) is 11.8. The summed E-state index contributed by atoms with van der Waals surface area (Å²) in [5.74, 6) is 0.922. The molecule has 1 rings (SSSR count). The van der Waals surface area contributed by atoms with E-state index < -0.39 is 0 Å². The lowest BCUT2D eigenvalue weighted by molar-refractivity contribution is -0.122. The fourth-order valence-electron chi connectivity index (χ4n) is 2.35. The van der Waals surface area contributed by atoms with Crippen LogP contribution in [0.3, 0.4) is 0 Å². The molecule has 0 aliphatic heterocycles. The van der Waals surface area contributed by atoms with Crippen LogP contribution >= 0.6 is 0 Å². The predicted molar refractivity (Wildman–Crippen MR) is 71.6 cm³/mol. The number of amides is 1. The van der Waals surface area contributed by atoms with E-state index in [2.05, 4.69) is 26.1 Å². The number of carbonyl (C=O) groups excluding carboxylic acids is 1. The Morgan fingerprint density at radius 2 is 2.06 bits per heavy atom. The minimum absolute atomic E-state index is 0.186. The first kappa shape index (κ1) is 14.5. The van der Waals surface area contributed by atoms with Gasteiger partial charge in [-0.1, -0.05) is 20.3 Å².